The molecule has 1 atom stereocenters. The van der Waals surface area contributed by atoms with Gasteiger partial charge in [-0.25, -0.2) is 0 Å². The molecule has 1 amide bonds. The number of aliphatic hydroxyl groups excluding tert-OH is 1. The Balaban J connectivity index is 2.89. The molecule has 0 saturated heterocycles. The molecule has 6 nitrogen and oxygen atoms in total. The lowest BCUT2D eigenvalue weighted by molar-refractivity contribution is -0.145. The number of alkyl halides is 3. The smallest absolute Gasteiger partial charge is 0.416 e. The van der Waals surface area contributed by atoms with Gasteiger partial charge in [-0.3, -0.25) is 9.59 Å². The quantitative estimate of drug-likeness (QED) is 0.526. The van der Waals surface area contributed by atoms with E-state index in [1.165, 1.54) is 12.0 Å². The fourth-order valence-electron chi connectivity index (χ4n) is 2.21. The van der Waals surface area contributed by atoms with Crippen LogP contribution in [0.3, 0.4) is 0 Å². The number of esters is 1. The molecule has 0 aliphatic heterocycles. The Kier molecular flexibility index (Phi) is 8.53. The maximum atomic E-state index is 12.6. The molecule has 1 N–H and O–H groups in total. The molecule has 0 fully saturated rings. The fourth-order valence-corrected chi connectivity index (χ4v) is 2.21. The van der Waals surface area contributed by atoms with Crippen LogP contribution in [0.2, 0.25) is 0 Å². The summed E-state index contributed by atoms with van der Waals surface area (Å²) in [6.07, 6.45) is -4.49. The van der Waals surface area contributed by atoms with E-state index >= 15 is 0 Å². The summed E-state index contributed by atoms with van der Waals surface area (Å²) in [6, 6.07) is 3.85. The Hall–Kier alpha value is -2.13. The monoisotopic (exact) mass is 377 g/mol. The lowest BCUT2D eigenvalue weighted by atomic mass is 10.1. The second kappa shape index (κ2) is 10.1. The third kappa shape index (κ3) is 6.64. The standard InChI is InChI=1S/C17H22F3NO5/c1-12(16(24)25-2)11-21(7-9-26-10-8-22)15(23)13-3-5-14(6-4-13)17(18,19)20/h3-6,12,22H,7-11H2,1-2H3. The first-order valence-corrected chi connectivity index (χ1v) is 7.93. The lowest BCUT2D eigenvalue weighted by Crippen LogP contribution is -2.39. The van der Waals surface area contributed by atoms with Crippen molar-refractivity contribution in [2.75, 3.05) is 40.0 Å². The van der Waals surface area contributed by atoms with Crippen molar-refractivity contribution in [1.82, 2.24) is 4.90 Å². The normalized spacial score (nSPS) is 12.5. The van der Waals surface area contributed by atoms with Crippen molar-refractivity contribution >= 4 is 11.9 Å². The van der Waals surface area contributed by atoms with Gasteiger partial charge in [0.2, 0.25) is 0 Å². The first-order chi connectivity index (χ1) is 12.2. The number of aliphatic hydroxyl groups is 1. The Morgan fingerprint density at radius 2 is 1.81 bits per heavy atom. The molecule has 26 heavy (non-hydrogen) atoms. The first-order valence-electron chi connectivity index (χ1n) is 7.93. The van der Waals surface area contributed by atoms with Crippen LogP contribution >= 0.6 is 0 Å². The number of hydrogen-bond acceptors (Lipinski definition) is 5. The molecule has 0 heterocycles. The number of rotatable bonds is 9. The average Bonchev–Trinajstić information content (AvgIpc) is 2.62. The number of carbonyl (C=O) groups excluding carboxylic acids is 2. The second-order valence-electron chi connectivity index (χ2n) is 5.59. The predicted molar refractivity (Wildman–Crippen MR) is 86.4 cm³/mol. The summed E-state index contributed by atoms with van der Waals surface area (Å²) in [4.78, 5) is 25.5. The summed E-state index contributed by atoms with van der Waals surface area (Å²) in [7, 11) is 1.23. The number of benzene rings is 1. The third-order valence-electron chi connectivity index (χ3n) is 3.59. The topological polar surface area (TPSA) is 76.1 Å². The fraction of sp³-hybridized carbons (Fsp3) is 0.529. The zero-order valence-electron chi connectivity index (χ0n) is 14.6. The Morgan fingerprint density at radius 3 is 2.31 bits per heavy atom. The summed E-state index contributed by atoms with van der Waals surface area (Å²) in [5.74, 6) is -1.65. The van der Waals surface area contributed by atoms with E-state index in [0.717, 1.165) is 24.3 Å². The maximum Gasteiger partial charge on any atom is 0.416 e. The van der Waals surface area contributed by atoms with Crippen LogP contribution in [0.5, 0.6) is 0 Å². The van der Waals surface area contributed by atoms with E-state index < -0.39 is 29.5 Å². The largest absolute Gasteiger partial charge is 0.469 e. The van der Waals surface area contributed by atoms with Gasteiger partial charge in [0.15, 0.2) is 0 Å². The van der Waals surface area contributed by atoms with Crippen LogP contribution in [0, 0.1) is 5.92 Å². The van der Waals surface area contributed by atoms with E-state index in [1.54, 1.807) is 6.92 Å². The molecule has 0 aromatic heterocycles. The van der Waals surface area contributed by atoms with Gasteiger partial charge in [0.05, 0.1) is 38.4 Å². The van der Waals surface area contributed by atoms with Gasteiger partial charge in [-0.1, -0.05) is 6.92 Å². The van der Waals surface area contributed by atoms with Crippen molar-refractivity contribution < 1.29 is 37.3 Å². The van der Waals surface area contributed by atoms with Crippen LogP contribution < -0.4 is 0 Å². The summed E-state index contributed by atoms with van der Waals surface area (Å²) in [6.45, 7) is 1.74. The molecule has 0 aliphatic rings. The van der Waals surface area contributed by atoms with E-state index in [4.69, 9.17) is 9.84 Å². The van der Waals surface area contributed by atoms with Crippen molar-refractivity contribution in [3.63, 3.8) is 0 Å². The SMILES string of the molecule is COC(=O)C(C)CN(CCOCCO)C(=O)c1ccc(C(F)(F)F)cc1. The van der Waals surface area contributed by atoms with Crippen molar-refractivity contribution in [1.29, 1.82) is 0 Å². The van der Waals surface area contributed by atoms with E-state index in [1.807, 2.05) is 0 Å². The summed E-state index contributed by atoms with van der Waals surface area (Å²) in [5.41, 5.74) is -0.785. The molecule has 0 spiro atoms. The highest BCUT2D eigenvalue weighted by atomic mass is 19.4. The number of ether oxygens (including phenoxy) is 2. The predicted octanol–water partition coefficient (Wildman–Crippen LogP) is 1.97. The van der Waals surface area contributed by atoms with Gasteiger partial charge in [-0.05, 0) is 24.3 Å². The maximum absolute atomic E-state index is 12.6. The van der Waals surface area contributed by atoms with Gasteiger partial charge < -0.3 is 19.5 Å². The summed E-state index contributed by atoms with van der Waals surface area (Å²) in [5, 5.41) is 8.70. The molecule has 1 aromatic carbocycles. The Bertz CT molecular complexity index is 589. The van der Waals surface area contributed by atoms with E-state index in [0.29, 0.717) is 0 Å². The van der Waals surface area contributed by atoms with Crippen molar-refractivity contribution in [3.8, 4) is 0 Å². The number of nitrogens with zero attached hydrogens (tertiary/aromatic N) is 1. The molecule has 146 valence electrons. The van der Waals surface area contributed by atoms with Crippen LogP contribution in [0.15, 0.2) is 24.3 Å². The molecule has 0 aliphatic carbocycles. The van der Waals surface area contributed by atoms with Crippen LogP contribution in [0.4, 0.5) is 13.2 Å². The molecule has 1 unspecified atom stereocenters. The molecule has 0 radical (unpaired) electrons. The minimum Gasteiger partial charge on any atom is -0.469 e. The molecule has 1 rings (SSSR count). The molecule has 1 aromatic rings. The van der Waals surface area contributed by atoms with Crippen LogP contribution in [0.25, 0.3) is 0 Å². The minimum absolute atomic E-state index is 0.0228. The Morgan fingerprint density at radius 1 is 1.19 bits per heavy atom. The number of halogens is 3. The van der Waals surface area contributed by atoms with Gasteiger partial charge >= 0.3 is 12.1 Å². The number of amides is 1. The second-order valence-corrected chi connectivity index (χ2v) is 5.59. The molecule has 0 bridgehead atoms. The van der Waals surface area contributed by atoms with Crippen LogP contribution in [-0.4, -0.2) is 61.9 Å². The van der Waals surface area contributed by atoms with E-state index in [-0.39, 0.29) is 38.5 Å². The van der Waals surface area contributed by atoms with Crippen LogP contribution in [0.1, 0.15) is 22.8 Å². The summed E-state index contributed by atoms with van der Waals surface area (Å²) >= 11 is 0. The minimum atomic E-state index is -4.49. The van der Waals surface area contributed by atoms with Gasteiger partial charge in [-0.15, -0.1) is 0 Å². The Labute approximate surface area is 149 Å². The third-order valence-corrected chi connectivity index (χ3v) is 3.59. The summed E-state index contributed by atoms with van der Waals surface area (Å²) < 4.78 is 47.7. The zero-order chi connectivity index (χ0) is 19.7. The number of hydrogen-bond donors (Lipinski definition) is 1. The highest BCUT2D eigenvalue weighted by molar-refractivity contribution is 5.94. The number of carbonyl (C=O) groups is 2. The molecule has 9 heteroatoms. The van der Waals surface area contributed by atoms with Gasteiger partial charge in [-0.2, -0.15) is 13.2 Å². The highest BCUT2D eigenvalue weighted by Crippen LogP contribution is 2.29. The molecular weight excluding hydrogens is 355 g/mol. The van der Waals surface area contributed by atoms with Gasteiger partial charge in [0.25, 0.3) is 5.91 Å². The lowest BCUT2D eigenvalue weighted by Gasteiger charge is -2.25. The van der Waals surface area contributed by atoms with E-state index in [9.17, 15) is 22.8 Å². The first kappa shape index (κ1) is 21.9. The van der Waals surface area contributed by atoms with Gasteiger partial charge in [0, 0.05) is 18.7 Å². The molecular formula is C17H22F3NO5. The van der Waals surface area contributed by atoms with E-state index in [2.05, 4.69) is 4.74 Å². The highest BCUT2D eigenvalue weighted by Gasteiger charge is 2.30. The number of methoxy groups -OCH3 is 1. The van der Waals surface area contributed by atoms with Crippen molar-refractivity contribution in [3.05, 3.63) is 35.4 Å². The van der Waals surface area contributed by atoms with Crippen molar-refractivity contribution in [2.24, 2.45) is 5.92 Å². The molecule has 0 saturated carbocycles. The van der Waals surface area contributed by atoms with Crippen molar-refractivity contribution in [2.45, 2.75) is 13.1 Å². The van der Waals surface area contributed by atoms with Gasteiger partial charge in [0.1, 0.15) is 0 Å². The van der Waals surface area contributed by atoms with Crippen LogP contribution in [-0.2, 0) is 20.4 Å². The average molecular weight is 377 g/mol. The zero-order valence-corrected chi connectivity index (χ0v) is 14.6.